The van der Waals surface area contributed by atoms with E-state index >= 15 is 0 Å². The van der Waals surface area contributed by atoms with Crippen LogP contribution < -0.4 is 5.32 Å². The number of aryl methyl sites for hydroxylation is 1. The van der Waals surface area contributed by atoms with Crippen LogP contribution in [-0.2, 0) is 6.54 Å². The van der Waals surface area contributed by atoms with Crippen molar-refractivity contribution in [1.82, 2.24) is 15.2 Å². The molecule has 2 heterocycles. The van der Waals surface area contributed by atoms with Crippen LogP contribution in [0.1, 0.15) is 49.8 Å². The summed E-state index contributed by atoms with van der Waals surface area (Å²) in [7, 11) is 0. The van der Waals surface area contributed by atoms with Gasteiger partial charge in [-0.25, -0.2) is 0 Å². The van der Waals surface area contributed by atoms with Gasteiger partial charge in [-0.2, -0.15) is 0 Å². The number of aromatic nitrogens is 1. The highest BCUT2D eigenvalue weighted by molar-refractivity contribution is 5.17. The van der Waals surface area contributed by atoms with E-state index in [-0.39, 0.29) is 0 Å². The Balaban J connectivity index is 1.63. The van der Waals surface area contributed by atoms with Crippen LogP contribution in [-0.4, -0.2) is 35.6 Å². The number of hydrogen-bond donors (Lipinski definition) is 1. The number of rotatable bonds is 3. The third-order valence-corrected chi connectivity index (χ3v) is 5.22. The molecule has 1 atom stereocenters. The third kappa shape index (κ3) is 4.04. The van der Waals surface area contributed by atoms with Gasteiger partial charge in [-0.3, -0.25) is 9.88 Å². The zero-order chi connectivity index (χ0) is 14.5. The summed E-state index contributed by atoms with van der Waals surface area (Å²) in [6, 6.07) is 4.90. The molecule has 2 aliphatic rings. The predicted octanol–water partition coefficient (Wildman–Crippen LogP) is 3.13. The van der Waals surface area contributed by atoms with Crippen molar-refractivity contribution in [3.63, 3.8) is 0 Å². The largest absolute Gasteiger partial charge is 0.312 e. The first kappa shape index (κ1) is 15.0. The minimum atomic E-state index is 0.691. The fourth-order valence-electron chi connectivity index (χ4n) is 3.92. The van der Waals surface area contributed by atoms with Crippen molar-refractivity contribution >= 4 is 0 Å². The fraction of sp³-hybridized carbons (Fsp3) is 0.722. The Kier molecular flexibility index (Phi) is 5.26. The first-order valence-corrected chi connectivity index (χ1v) is 8.69. The molecule has 1 saturated carbocycles. The van der Waals surface area contributed by atoms with Crippen LogP contribution in [0.2, 0.25) is 0 Å². The van der Waals surface area contributed by atoms with Crippen molar-refractivity contribution in [2.75, 3.05) is 19.6 Å². The highest BCUT2D eigenvalue weighted by Crippen LogP contribution is 2.27. The second kappa shape index (κ2) is 7.37. The summed E-state index contributed by atoms with van der Waals surface area (Å²) in [4.78, 5) is 7.20. The number of pyridine rings is 1. The van der Waals surface area contributed by atoms with E-state index in [1.807, 2.05) is 12.3 Å². The summed E-state index contributed by atoms with van der Waals surface area (Å²) in [6.45, 7) is 6.76. The van der Waals surface area contributed by atoms with E-state index in [9.17, 15) is 0 Å². The molecule has 2 fully saturated rings. The van der Waals surface area contributed by atoms with Gasteiger partial charge in [-0.05, 0) is 56.8 Å². The maximum Gasteiger partial charge on any atom is 0.0573 e. The summed E-state index contributed by atoms with van der Waals surface area (Å²) < 4.78 is 0. The first-order valence-electron chi connectivity index (χ1n) is 8.69. The third-order valence-electron chi connectivity index (χ3n) is 5.22. The lowest BCUT2D eigenvalue weighted by Crippen LogP contribution is -2.43. The molecule has 1 saturated heterocycles. The normalized spacial score (nSPS) is 25.7. The Morgan fingerprint density at radius 1 is 1.24 bits per heavy atom. The quantitative estimate of drug-likeness (QED) is 0.926. The van der Waals surface area contributed by atoms with Crippen LogP contribution in [0.25, 0.3) is 0 Å². The molecule has 0 amide bonds. The van der Waals surface area contributed by atoms with Gasteiger partial charge in [0.25, 0.3) is 0 Å². The minimum Gasteiger partial charge on any atom is -0.312 e. The molecular weight excluding hydrogens is 258 g/mol. The minimum absolute atomic E-state index is 0.691. The van der Waals surface area contributed by atoms with Crippen LogP contribution in [0.15, 0.2) is 18.3 Å². The lowest BCUT2D eigenvalue weighted by molar-refractivity contribution is 0.200. The van der Waals surface area contributed by atoms with Crippen LogP contribution in [0, 0.1) is 12.8 Å². The van der Waals surface area contributed by atoms with E-state index in [4.69, 9.17) is 0 Å². The predicted molar refractivity (Wildman–Crippen MR) is 87.2 cm³/mol. The lowest BCUT2D eigenvalue weighted by Gasteiger charge is -2.33. The van der Waals surface area contributed by atoms with E-state index in [0.29, 0.717) is 6.04 Å². The average Bonchev–Trinajstić information content (AvgIpc) is 2.76. The van der Waals surface area contributed by atoms with Crippen molar-refractivity contribution in [2.45, 2.75) is 58.0 Å². The van der Waals surface area contributed by atoms with Crippen molar-refractivity contribution < 1.29 is 0 Å². The van der Waals surface area contributed by atoms with Gasteiger partial charge in [-0.15, -0.1) is 0 Å². The van der Waals surface area contributed by atoms with Gasteiger partial charge in [-0.1, -0.05) is 25.3 Å². The SMILES string of the molecule is Cc1cccnc1CN1CCCNC(C2CCCCC2)C1. The van der Waals surface area contributed by atoms with E-state index < -0.39 is 0 Å². The summed E-state index contributed by atoms with van der Waals surface area (Å²) >= 11 is 0. The first-order chi connectivity index (χ1) is 10.3. The smallest absolute Gasteiger partial charge is 0.0573 e. The average molecular weight is 287 g/mol. The Morgan fingerprint density at radius 2 is 2.10 bits per heavy atom. The van der Waals surface area contributed by atoms with Gasteiger partial charge in [0.2, 0.25) is 0 Å². The standard InChI is InChI=1S/C18H29N3/c1-15-7-5-10-19-17(15)13-21-12-6-11-20-18(14-21)16-8-3-2-4-9-16/h5,7,10,16,18,20H,2-4,6,8-9,11-14H2,1H3. The van der Waals surface area contributed by atoms with Crippen LogP contribution in [0.4, 0.5) is 0 Å². The van der Waals surface area contributed by atoms with Gasteiger partial charge in [0.1, 0.15) is 0 Å². The molecule has 0 spiro atoms. The Morgan fingerprint density at radius 3 is 2.90 bits per heavy atom. The maximum absolute atomic E-state index is 4.58. The topological polar surface area (TPSA) is 28.2 Å². The Hall–Kier alpha value is -0.930. The highest BCUT2D eigenvalue weighted by Gasteiger charge is 2.27. The molecule has 3 rings (SSSR count). The molecule has 1 aromatic heterocycles. The van der Waals surface area contributed by atoms with E-state index in [1.54, 1.807) is 0 Å². The molecule has 1 aliphatic carbocycles. The zero-order valence-corrected chi connectivity index (χ0v) is 13.4. The van der Waals surface area contributed by atoms with Gasteiger partial charge in [0, 0.05) is 25.3 Å². The molecule has 3 nitrogen and oxygen atoms in total. The molecule has 1 aromatic rings. The van der Waals surface area contributed by atoms with Gasteiger partial charge < -0.3 is 5.32 Å². The van der Waals surface area contributed by atoms with Crippen molar-refractivity contribution in [1.29, 1.82) is 0 Å². The fourth-order valence-corrected chi connectivity index (χ4v) is 3.92. The van der Waals surface area contributed by atoms with E-state index in [2.05, 4.69) is 28.2 Å². The van der Waals surface area contributed by atoms with Gasteiger partial charge in [0.15, 0.2) is 0 Å². The van der Waals surface area contributed by atoms with E-state index in [0.717, 1.165) is 12.5 Å². The van der Waals surface area contributed by atoms with Crippen LogP contribution in [0.5, 0.6) is 0 Å². The number of nitrogens with one attached hydrogen (secondary N) is 1. The highest BCUT2D eigenvalue weighted by atomic mass is 15.2. The summed E-state index contributed by atoms with van der Waals surface area (Å²) in [5.41, 5.74) is 2.57. The van der Waals surface area contributed by atoms with Gasteiger partial charge in [0.05, 0.1) is 5.69 Å². The Bertz CT molecular complexity index is 440. The number of nitrogens with zero attached hydrogens (tertiary/aromatic N) is 2. The van der Waals surface area contributed by atoms with Crippen molar-refractivity contribution in [3.05, 3.63) is 29.6 Å². The molecule has 21 heavy (non-hydrogen) atoms. The molecule has 3 heteroatoms. The molecule has 0 radical (unpaired) electrons. The summed E-state index contributed by atoms with van der Waals surface area (Å²) in [5, 5.41) is 3.82. The van der Waals surface area contributed by atoms with Gasteiger partial charge >= 0.3 is 0 Å². The molecule has 116 valence electrons. The Labute approximate surface area is 129 Å². The second-order valence-electron chi connectivity index (χ2n) is 6.81. The molecular formula is C18H29N3. The van der Waals surface area contributed by atoms with Crippen LogP contribution in [0.3, 0.4) is 0 Å². The molecule has 0 aromatic carbocycles. The maximum atomic E-state index is 4.58. The summed E-state index contributed by atoms with van der Waals surface area (Å²) in [5.74, 6) is 0.893. The van der Waals surface area contributed by atoms with Crippen molar-refractivity contribution in [3.8, 4) is 0 Å². The molecule has 1 aliphatic heterocycles. The monoisotopic (exact) mass is 287 g/mol. The number of hydrogen-bond acceptors (Lipinski definition) is 3. The zero-order valence-electron chi connectivity index (χ0n) is 13.4. The lowest BCUT2D eigenvalue weighted by atomic mass is 9.83. The summed E-state index contributed by atoms with van der Waals surface area (Å²) in [6.07, 6.45) is 10.3. The van der Waals surface area contributed by atoms with Crippen LogP contribution >= 0.6 is 0 Å². The molecule has 1 unspecified atom stereocenters. The second-order valence-corrected chi connectivity index (χ2v) is 6.81. The van der Waals surface area contributed by atoms with E-state index in [1.165, 1.54) is 69.4 Å². The van der Waals surface area contributed by atoms with Crippen molar-refractivity contribution in [2.24, 2.45) is 5.92 Å². The molecule has 0 bridgehead atoms. The molecule has 1 N–H and O–H groups in total.